The van der Waals surface area contributed by atoms with E-state index in [-0.39, 0.29) is 29.0 Å². The van der Waals surface area contributed by atoms with Gasteiger partial charge < -0.3 is 9.88 Å². The normalized spacial score (nSPS) is 17.9. The lowest BCUT2D eigenvalue weighted by Gasteiger charge is -2.45. The molecule has 35 heavy (non-hydrogen) atoms. The van der Waals surface area contributed by atoms with Gasteiger partial charge in [-0.15, -0.1) is 0 Å². The molecule has 3 aromatic heterocycles. The Morgan fingerprint density at radius 3 is 2.69 bits per heavy atom. The number of unbranched alkanes of at least 4 members (excludes halogenated alkanes) is 5. The predicted octanol–water partition coefficient (Wildman–Crippen LogP) is 4.59. The van der Waals surface area contributed by atoms with Gasteiger partial charge in [0.05, 0.1) is 12.4 Å². The van der Waals surface area contributed by atoms with Crippen LogP contribution in [-0.4, -0.2) is 54.6 Å². The summed E-state index contributed by atoms with van der Waals surface area (Å²) in [7, 11) is 0. The minimum atomic E-state index is -0.472. The van der Waals surface area contributed by atoms with Gasteiger partial charge in [0.15, 0.2) is 5.65 Å². The molecule has 0 bridgehead atoms. The van der Waals surface area contributed by atoms with E-state index in [0.717, 1.165) is 12.8 Å². The third-order valence-corrected chi connectivity index (χ3v) is 6.79. The summed E-state index contributed by atoms with van der Waals surface area (Å²) < 4.78 is 14.4. The molecule has 0 spiro atoms. The molecule has 186 valence electrons. The van der Waals surface area contributed by atoms with Gasteiger partial charge in [0.25, 0.3) is 11.5 Å². The maximum absolute atomic E-state index is 13.6. The summed E-state index contributed by atoms with van der Waals surface area (Å²) in [5, 5.41) is 4.47. The van der Waals surface area contributed by atoms with Gasteiger partial charge in [-0.3, -0.25) is 23.9 Å². The molecule has 0 radical (unpaired) electrons. The molecule has 1 fully saturated rings. The Kier molecular flexibility index (Phi) is 7.73. The number of allylic oxidation sites excluding steroid dienone is 1. The summed E-state index contributed by atoms with van der Waals surface area (Å²) in [6.07, 6.45) is 13.9. The van der Waals surface area contributed by atoms with Crippen molar-refractivity contribution < 1.29 is 9.18 Å². The Bertz CT molecular complexity index is 1280. The number of rotatable bonds is 10. The van der Waals surface area contributed by atoms with E-state index in [1.807, 2.05) is 19.1 Å². The number of H-pyrrole nitrogens is 1. The number of alkyl halides is 1. The molecule has 4 rings (SSSR count). The van der Waals surface area contributed by atoms with Crippen molar-refractivity contribution in [1.29, 1.82) is 0 Å². The molecule has 0 saturated carbocycles. The maximum atomic E-state index is 13.6. The van der Waals surface area contributed by atoms with Crippen LogP contribution in [-0.2, 0) is 0 Å². The van der Waals surface area contributed by atoms with Crippen LogP contribution in [0.3, 0.4) is 0 Å². The number of carbonyl (C=O) groups excluding carboxylic acids is 1. The molecule has 1 amide bonds. The average Bonchev–Trinajstić information content (AvgIpc) is 3.23. The van der Waals surface area contributed by atoms with Crippen LogP contribution in [0.1, 0.15) is 74.1 Å². The molecule has 1 aliphatic rings. The molecule has 4 heterocycles. The largest absolute Gasteiger partial charge is 0.339 e. The van der Waals surface area contributed by atoms with Crippen molar-refractivity contribution in [2.75, 3.05) is 13.2 Å². The molecule has 1 N–H and O–H groups in total. The van der Waals surface area contributed by atoms with Crippen molar-refractivity contribution in [2.24, 2.45) is 5.92 Å². The zero-order valence-corrected chi connectivity index (χ0v) is 20.6. The van der Waals surface area contributed by atoms with Crippen LogP contribution in [0.25, 0.3) is 23.1 Å². The Labute approximate surface area is 204 Å². The van der Waals surface area contributed by atoms with E-state index >= 15 is 0 Å². The summed E-state index contributed by atoms with van der Waals surface area (Å²) in [5.41, 5.74) is 2.14. The van der Waals surface area contributed by atoms with Crippen LogP contribution in [0.2, 0.25) is 0 Å². The zero-order chi connectivity index (χ0) is 24.9. The quantitative estimate of drug-likeness (QED) is 0.428. The molecule has 0 aromatic carbocycles. The number of hydrogen-bond donors (Lipinski definition) is 1. The second-order valence-electron chi connectivity index (χ2n) is 9.26. The first-order valence-electron chi connectivity index (χ1n) is 12.4. The van der Waals surface area contributed by atoms with Crippen LogP contribution in [0.15, 0.2) is 29.3 Å². The van der Waals surface area contributed by atoms with E-state index in [2.05, 4.69) is 27.0 Å². The summed E-state index contributed by atoms with van der Waals surface area (Å²) in [6.45, 7) is 5.67. The van der Waals surface area contributed by atoms with Gasteiger partial charge >= 0.3 is 0 Å². The average molecular weight is 481 g/mol. The first-order valence-corrected chi connectivity index (χ1v) is 12.4. The number of likely N-dealkylation sites (tertiary alicyclic amines) is 1. The van der Waals surface area contributed by atoms with Gasteiger partial charge in [0.2, 0.25) is 0 Å². The first kappa shape index (κ1) is 24.8. The fourth-order valence-corrected chi connectivity index (χ4v) is 4.51. The van der Waals surface area contributed by atoms with Crippen LogP contribution in [0.4, 0.5) is 4.39 Å². The number of aromatic amines is 1. The lowest BCUT2D eigenvalue weighted by Crippen LogP contribution is -2.58. The fraction of sp³-hybridized carbons (Fsp3) is 0.500. The third kappa shape index (κ3) is 5.04. The second kappa shape index (κ2) is 10.9. The van der Waals surface area contributed by atoms with Crippen molar-refractivity contribution in [3.63, 3.8) is 0 Å². The predicted molar refractivity (Wildman–Crippen MR) is 134 cm³/mol. The highest BCUT2D eigenvalue weighted by Crippen LogP contribution is 2.32. The molecule has 3 aromatic rings. The molecule has 0 aliphatic carbocycles. The maximum Gasteiger partial charge on any atom is 0.274 e. The lowest BCUT2D eigenvalue weighted by molar-refractivity contribution is 0.0142. The Morgan fingerprint density at radius 1 is 1.20 bits per heavy atom. The zero-order valence-electron chi connectivity index (χ0n) is 20.6. The highest BCUT2D eigenvalue weighted by atomic mass is 19.1. The minimum absolute atomic E-state index is 0.183. The van der Waals surface area contributed by atoms with E-state index < -0.39 is 6.67 Å². The number of hydrogen-bond acceptors (Lipinski definition) is 5. The topological polar surface area (TPSA) is 96.2 Å². The van der Waals surface area contributed by atoms with E-state index in [1.54, 1.807) is 18.0 Å². The molecule has 9 heteroatoms. The van der Waals surface area contributed by atoms with Crippen LogP contribution < -0.4 is 5.56 Å². The minimum Gasteiger partial charge on any atom is -0.339 e. The molecular formula is C26H33FN6O2. The van der Waals surface area contributed by atoms with Crippen molar-refractivity contribution in [3.05, 3.63) is 51.8 Å². The Morgan fingerprint density at radius 2 is 1.97 bits per heavy atom. The van der Waals surface area contributed by atoms with Crippen molar-refractivity contribution >= 4 is 17.6 Å². The molecule has 1 aliphatic heterocycles. The van der Waals surface area contributed by atoms with Gasteiger partial charge in [-0.1, -0.05) is 38.7 Å². The first-order chi connectivity index (χ1) is 17.0. The number of halogens is 1. The Hall–Kier alpha value is -3.36. The van der Waals surface area contributed by atoms with Gasteiger partial charge in [0, 0.05) is 42.7 Å². The summed E-state index contributed by atoms with van der Waals surface area (Å²) >= 11 is 0. The van der Waals surface area contributed by atoms with Crippen molar-refractivity contribution in [1.82, 2.24) is 29.5 Å². The van der Waals surface area contributed by atoms with E-state index in [1.165, 1.54) is 42.5 Å². The number of aryl methyl sites for hydroxylation is 1. The molecule has 0 unspecified atom stereocenters. The third-order valence-electron chi connectivity index (χ3n) is 6.79. The highest BCUT2D eigenvalue weighted by molar-refractivity contribution is 6.06. The van der Waals surface area contributed by atoms with E-state index in [0.29, 0.717) is 35.0 Å². The number of amides is 1. The van der Waals surface area contributed by atoms with Crippen molar-refractivity contribution in [3.8, 4) is 11.4 Å². The fourth-order valence-electron chi connectivity index (χ4n) is 4.51. The second-order valence-corrected chi connectivity index (χ2v) is 9.26. The standard InChI is InChI=1S/C26H33FN6O2/c1-4-5-6-7-8-9-10-11-20-14-21(34)33-25(30-20)22(26(35)32-16-19(15-27)18(32)3)24(31-33)23-17(2)28-12-13-29-23/h10-14,18-19,30H,4-9,15-16H2,1-3H3/b11-10+/t18-,19-/m0/s1. The highest BCUT2D eigenvalue weighted by Gasteiger charge is 2.41. The number of aromatic nitrogens is 5. The number of fused-ring (bicyclic) bond motifs is 1. The van der Waals surface area contributed by atoms with Crippen LogP contribution in [0.5, 0.6) is 0 Å². The van der Waals surface area contributed by atoms with Crippen molar-refractivity contribution in [2.45, 2.75) is 65.3 Å². The summed E-state index contributed by atoms with van der Waals surface area (Å²) in [6, 6.07) is 1.24. The van der Waals surface area contributed by atoms with E-state index in [9.17, 15) is 14.0 Å². The van der Waals surface area contributed by atoms with Gasteiger partial charge in [-0.05, 0) is 32.8 Å². The van der Waals surface area contributed by atoms with E-state index in [4.69, 9.17) is 0 Å². The number of nitrogens with one attached hydrogen (secondary N) is 1. The number of carbonyl (C=O) groups is 1. The van der Waals surface area contributed by atoms with Gasteiger partial charge in [0.1, 0.15) is 17.0 Å². The molecular weight excluding hydrogens is 447 g/mol. The molecule has 1 saturated heterocycles. The van der Waals surface area contributed by atoms with Crippen LogP contribution in [0, 0.1) is 12.8 Å². The summed E-state index contributed by atoms with van der Waals surface area (Å²) in [5.74, 6) is -0.484. The van der Waals surface area contributed by atoms with Gasteiger partial charge in [-0.2, -0.15) is 9.61 Å². The SMILES string of the molecule is CCCCCCC/C=C/c1cc(=O)n2nc(-c3nccnc3C)c(C(=O)N3C[C@H](CF)[C@@H]3C)c2[nH]1. The van der Waals surface area contributed by atoms with Crippen LogP contribution >= 0.6 is 0 Å². The summed E-state index contributed by atoms with van der Waals surface area (Å²) in [4.78, 5) is 40.1. The monoisotopic (exact) mass is 480 g/mol. The molecule has 8 nitrogen and oxygen atoms in total. The lowest BCUT2D eigenvalue weighted by atomic mass is 9.90. The smallest absolute Gasteiger partial charge is 0.274 e. The number of nitrogens with zero attached hydrogens (tertiary/aromatic N) is 5. The molecule has 2 atom stereocenters. The van der Waals surface area contributed by atoms with Gasteiger partial charge in [-0.25, -0.2) is 0 Å². The Balaban J connectivity index is 1.72.